The van der Waals surface area contributed by atoms with Crippen molar-refractivity contribution in [2.75, 3.05) is 6.54 Å². The van der Waals surface area contributed by atoms with Crippen LogP contribution in [-0.4, -0.2) is 50.2 Å². The summed E-state index contributed by atoms with van der Waals surface area (Å²) >= 11 is 0. The van der Waals surface area contributed by atoms with E-state index in [4.69, 9.17) is 0 Å². The molecule has 0 spiro atoms. The lowest BCUT2D eigenvalue weighted by molar-refractivity contribution is -0.137. The van der Waals surface area contributed by atoms with Gasteiger partial charge < -0.3 is 10.2 Å². The van der Waals surface area contributed by atoms with E-state index in [0.29, 0.717) is 6.54 Å². The number of rotatable bonds is 6. The van der Waals surface area contributed by atoms with Gasteiger partial charge in [0.15, 0.2) is 5.69 Å². The lowest BCUT2D eigenvalue weighted by Gasteiger charge is -2.26. The van der Waals surface area contributed by atoms with Gasteiger partial charge in [0, 0.05) is 18.9 Å². The highest BCUT2D eigenvalue weighted by molar-refractivity contribution is 5.91. The molecule has 1 atom stereocenters. The van der Waals surface area contributed by atoms with Crippen molar-refractivity contribution in [2.45, 2.75) is 57.2 Å². The van der Waals surface area contributed by atoms with Crippen molar-refractivity contribution < 1.29 is 18.4 Å². The molecule has 2 amide bonds. The maximum Gasteiger partial charge on any atom is 0.273 e. The van der Waals surface area contributed by atoms with Crippen LogP contribution in [0.4, 0.5) is 8.78 Å². The Morgan fingerprint density at radius 2 is 1.90 bits per heavy atom. The van der Waals surface area contributed by atoms with Crippen LogP contribution in [-0.2, 0) is 17.9 Å². The summed E-state index contributed by atoms with van der Waals surface area (Å²) in [6.45, 7) is -0.107. The number of halogens is 2. The summed E-state index contributed by atoms with van der Waals surface area (Å²) in [5, 5.41) is 10.5. The molecular weight excluding hydrogens is 392 g/mol. The van der Waals surface area contributed by atoms with E-state index in [2.05, 4.69) is 15.6 Å². The van der Waals surface area contributed by atoms with E-state index in [1.807, 2.05) is 30.3 Å². The molecule has 1 saturated heterocycles. The minimum Gasteiger partial charge on any atom is -0.347 e. The third kappa shape index (κ3) is 4.66. The van der Waals surface area contributed by atoms with Crippen LogP contribution in [0.15, 0.2) is 36.5 Å². The van der Waals surface area contributed by atoms with Gasteiger partial charge in [-0.25, -0.2) is 13.5 Å². The predicted molar refractivity (Wildman–Crippen MR) is 105 cm³/mol. The van der Waals surface area contributed by atoms with E-state index in [1.165, 1.54) is 15.8 Å². The SMILES string of the molecule is O=C(NCc1ccccc1)c1cn(C[C@@H]2CC(F)(F)CN2C(=O)C2CCCC2)nn1. The van der Waals surface area contributed by atoms with E-state index in [0.717, 1.165) is 31.2 Å². The minimum atomic E-state index is -2.91. The second-order valence-electron chi connectivity index (χ2n) is 8.16. The van der Waals surface area contributed by atoms with Crippen molar-refractivity contribution in [1.82, 2.24) is 25.2 Å². The molecule has 2 fully saturated rings. The fourth-order valence-corrected chi connectivity index (χ4v) is 4.30. The summed E-state index contributed by atoms with van der Waals surface area (Å²) in [6.07, 6.45) is 4.51. The zero-order chi connectivity index (χ0) is 21.1. The van der Waals surface area contributed by atoms with E-state index in [9.17, 15) is 18.4 Å². The number of amides is 2. The molecule has 0 unspecified atom stereocenters. The Balaban J connectivity index is 1.38. The second kappa shape index (κ2) is 8.49. The average molecular weight is 417 g/mol. The molecule has 160 valence electrons. The van der Waals surface area contributed by atoms with Crippen molar-refractivity contribution in [2.24, 2.45) is 5.92 Å². The molecule has 7 nitrogen and oxygen atoms in total. The Labute approximate surface area is 173 Å². The number of nitrogens with one attached hydrogen (secondary N) is 1. The first-order valence-corrected chi connectivity index (χ1v) is 10.3. The minimum absolute atomic E-state index is 0.0903. The van der Waals surface area contributed by atoms with Gasteiger partial charge in [-0.2, -0.15) is 0 Å². The Morgan fingerprint density at radius 1 is 1.17 bits per heavy atom. The van der Waals surface area contributed by atoms with Crippen LogP contribution >= 0.6 is 0 Å². The van der Waals surface area contributed by atoms with Crippen LogP contribution in [0, 0.1) is 5.92 Å². The Bertz CT molecular complexity index is 896. The van der Waals surface area contributed by atoms with Crippen molar-refractivity contribution >= 4 is 11.8 Å². The normalized spacial score (nSPS) is 21.1. The van der Waals surface area contributed by atoms with Crippen LogP contribution in [0.3, 0.4) is 0 Å². The van der Waals surface area contributed by atoms with Gasteiger partial charge in [-0.15, -0.1) is 5.10 Å². The maximum absolute atomic E-state index is 14.1. The molecule has 1 N–H and O–H groups in total. The fourth-order valence-electron chi connectivity index (χ4n) is 4.30. The van der Waals surface area contributed by atoms with E-state index in [-0.39, 0.29) is 30.0 Å². The molecule has 9 heteroatoms. The molecule has 4 rings (SSSR count). The van der Waals surface area contributed by atoms with Crippen molar-refractivity contribution in [1.29, 1.82) is 0 Å². The van der Waals surface area contributed by atoms with E-state index < -0.39 is 24.9 Å². The standard InChI is InChI=1S/C21H25F2N5O2/c22-21(23)10-17(28(14-21)20(30)16-8-4-5-9-16)12-27-13-18(25-26-27)19(29)24-11-15-6-2-1-3-7-15/h1-3,6-7,13,16-17H,4-5,8-12,14H2,(H,24,29)/t17-/m0/s1. The van der Waals surface area contributed by atoms with Crippen molar-refractivity contribution in [3.8, 4) is 0 Å². The van der Waals surface area contributed by atoms with Crippen LogP contribution in [0.5, 0.6) is 0 Å². The van der Waals surface area contributed by atoms with Gasteiger partial charge in [0.05, 0.1) is 25.3 Å². The van der Waals surface area contributed by atoms with E-state index in [1.54, 1.807) is 0 Å². The van der Waals surface area contributed by atoms with Crippen LogP contribution in [0.25, 0.3) is 0 Å². The zero-order valence-corrected chi connectivity index (χ0v) is 16.6. The number of carbonyl (C=O) groups is 2. The Morgan fingerprint density at radius 3 is 2.63 bits per heavy atom. The van der Waals surface area contributed by atoms with Crippen LogP contribution in [0.2, 0.25) is 0 Å². The van der Waals surface area contributed by atoms with Crippen molar-refractivity contribution in [3.63, 3.8) is 0 Å². The smallest absolute Gasteiger partial charge is 0.273 e. The summed E-state index contributed by atoms with van der Waals surface area (Å²) in [6, 6.07) is 8.79. The third-order valence-electron chi connectivity index (χ3n) is 5.83. The van der Waals surface area contributed by atoms with Gasteiger partial charge in [-0.3, -0.25) is 9.59 Å². The average Bonchev–Trinajstić information content (AvgIpc) is 3.47. The summed E-state index contributed by atoms with van der Waals surface area (Å²) in [4.78, 5) is 26.4. The molecule has 1 aliphatic heterocycles. The van der Waals surface area contributed by atoms with Crippen molar-refractivity contribution in [3.05, 3.63) is 47.8 Å². The third-order valence-corrected chi connectivity index (χ3v) is 5.83. The zero-order valence-electron chi connectivity index (χ0n) is 16.6. The largest absolute Gasteiger partial charge is 0.347 e. The number of hydrogen-bond donors (Lipinski definition) is 1. The lowest BCUT2D eigenvalue weighted by Crippen LogP contribution is -2.41. The molecule has 1 aromatic carbocycles. The molecule has 30 heavy (non-hydrogen) atoms. The summed E-state index contributed by atoms with van der Waals surface area (Å²) in [5.41, 5.74) is 1.07. The Kier molecular flexibility index (Phi) is 5.78. The molecule has 1 aliphatic carbocycles. The first-order valence-electron chi connectivity index (χ1n) is 10.3. The number of benzene rings is 1. The molecule has 0 bridgehead atoms. The summed E-state index contributed by atoms with van der Waals surface area (Å²) < 4.78 is 29.5. The number of nitrogens with zero attached hydrogens (tertiary/aromatic N) is 4. The molecule has 1 saturated carbocycles. The molecule has 2 aromatic rings. The van der Waals surface area contributed by atoms with Gasteiger partial charge in [-0.05, 0) is 18.4 Å². The van der Waals surface area contributed by atoms with Gasteiger partial charge in [0.2, 0.25) is 5.91 Å². The quantitative estimate of drug-likeness (QED) is 0.784. The molecule has 2 aliphatic rings. The monoisotopic (exact) mass is 417 g/mol. The fraction of sp³-hybridized carbons (Fsp3) is 0.524. The summed E-state index contributed by atoms with van der Waals surface area (Å²) in [5.74, 6) is -3.64. The number of hydrogen-bond acceptors (Lipinski definition) is 4. The first kappa shape index (κ1) is 20.4. The summed E-state index contributed by atoms with van der Waals surface area (Å²) in [7, 11) is 0. The van der Waals surface area contributed by atoms with Gasteiger partial charge in [0.1, 0.15) is 0 Å². The molecule has 1 aromatic heterocycles. The topological polar surface area (TPSA) is 80.1 Å². The second-order valence-corrected chi connectivity index (χ2v) is 8.16. The number of likely N-dealkylation sites (tertiary alicyclic amines) is 1. The number of aromatic nitrogens is 3. The first-order chi connectivity index (χ1) is 14.4. The highest BCUT2D eigenvalue weighted by Gasteiger charge is 2.48. The maximum atomic E-state index is 14.1. The van der Waals surface area contributed by atoms with Gasteiger partial charge in [0.25, 0.3) is 11.8 Å². The predicted octanol–water partition coefficient (Wildman–Crippen LogP) is 2.63. The van der Waals surface area contributed by atoms with E-state index >= 15 is 0 Å². The van der Waals surface area contributed by atoms with Crippen LogP contribution in [0.1, 0.15) is 48.2 Å². The number of carbonyl (C=O) groups excluding carboxylic acids is 2. The number of alkyl halides is 2. The van der Waals surface area contributed by atoms with Gasteiger partial charge in [-0.1, -0.05) is 48.4 Å². The van der Waals surface area contributed by atoms with Crippen LogP contribution < -0.4 is 5.32 Å². The highest BCUT2D eigenvalue weighted by atomic mass is 19.3. The van der Waals surface area contributed by atoms with Gasteiger partial charge >= 0.3 is 0 Å². The lowest BCUT2D eigenvalue weighted by atomic mass is 10.1. The molecular formula is C21H25F2N5O2. The highest BCUT2D eigenvalue weighted by Crippen LogP contribution is 2.36. The molecule has 2 heterocycles. The Hall–Kier alpha value is -2.84. The molecule has 0 radical (unpaired) electrons.